The summed E-state index contributed by atoms with van der Waals surface area (Å²) in [5.41, 5.74) is 0. The van der Waals surface area contributed by atoms with Crippen LogP contribution in [0.3, 0.4) is 0 Å². The Labute approximate surface area is 190 Å². The summed E-state index contributed by atoms with van der Waals surface area (Å²) in [6.07, 6.45) is 25.9. The van der Waals surface area contributed by atoms with Crippen molar-refractivity contribution in [3.63, 3.8) is 0 Å². The molecule has 0 fully saturated rings. The molecule has 2 unspecified atom stereocenters. The van der Waals surface area contributed by atoms with Gasteiger partial charge in [0.05, 0.1) is 12.5 Å². The molecule has 0 bridgehead atoms. The fraction of sp³-hybridized carbons (Fsp3) is 0.964. The molecule has 0 saturated carbocycles. The van der Waals surface area contributed by atoms with E-state index in [4.69, 9.17) is 4.74 Å². The summed E-state index contributed by atoms with van der Waals surface area (Å²) < 4.78 is 5.72. The lowest BCUT2D eigenvalue weighted by atomic mass is 9.97. The Bertz CT molecular complexity index is 353. The zero-order valence-electron chi connectivity index (χ0n) is 21.3. The largest absolute Gasteiger partial charge is 0.465 e. The van der Waals surface area contributed by atoms with Crippen LogP contribution in [0.2, 0.25) is 0 Å². The third-order valence-electron chi connectivity index (χ3n) is 6.74. The minimum Gasteiger partial charge on any atom is -0.465 e. The van der Waals surface area contributed by atoms with E-state index in [9.17, 15) is 4.79 Å². The van der Waals surface area contributed by atoms with Crippen LogP contribution in [-0.2, 0) is 9.53 Å². The second-order valence-electron chi connectivity index (χ2n) is 9.54. The van der Waals surface area contributed by atoms with Crippen molar-refractivity contribution in [1.82, 2.24) is 0 Å². The maximum Gasteiger partial charge on any atom is 0.308 e. The van der Waals surface area contributed by atoms with Gasteiger partial charge in [0.1, 0.15) is 0 Å². The molecule has 0 aliphatic heterocycles. The molecule has 0 radical (unpaired) electrons. The molecular formula is C28H56O2. The third kappa shape index (κ3) is 18.3. The average molecular weight is 425 g/mol. The topological polar surface area (TPSA) is 26.3 Å². The summed E-state index contributed by atoms with van der Waals surface area (Å²) in [5, 5.41) is 0. The van der Waals surface area contributed by atoms with Crippen molar-refractivity contribution in [2.24, 2.45) is 11.8 Å². The maximum absolute atomic E-state index is 12.5. The molecule has 180 valence electrons. The molecular weight excluding hydrogens is 368 g/mol. The molecule has 0 aromatic rings. The highest BCUT2D eigenvalue weighted by Gasteiger charge is 2.19. The molecule has 0 N–H and O–H groups in total. The van der Waals surface area contributed by atoms with Crippen molar-refractivity contribution in [3.05, 3.63) is 0 Å². The molecule has 0 aromatic carbocycles. The van der Waals surface area contributed by atoms with Gasteiger partial charge in [-0.3, -0.25) is 4.79 Å². The van der Waals surface area contributed by atoms with E-state index < -0.39 is 0 Å². The van der Waals surface area contributed by atoms with Crippen LogP contribution in [-0.4, -0.2) is 12.6 Å². The molecule has 2 nitrogen and oxygen atoms in total. The number of hydrogen-bond acceptors (Lipinski definition) is 2. The van der Waals surface area contributed by atoms with Crippen molar-refractivity contribution >= 4 is 5.97 Å². The first-order valence-electron chi connectivity index (χ1n) is 13.9. The van der Waals surface area contributed by atoms with Gasteiger partial charge in [0.15, 0.2) is 0 Å². The van der Waals surface area contributed by atoms with Crippen LogP contribution in [0.15, 0.2) is 0 Å². The minimum atomic E-state index is 0.0626. The summed E-state index contributed by atoms with van der Waals surface area (Å²) >= 11 is 0. The molecule has 0 spiro atoms. The summed E-state index contributed by atoms with van der Waals surface area (Å²) in [5.74, 6) is 0.730. The van der Waals surface area contributed by atoms with Crippen LogP contribution >= 0.6 is 0 Å². The Kier molecular flexibility index (Phi) is 22.7. The Balaban J connectivity index is 3.69. The van der Waals surface area contributed by atoms with Crippen LogP contribution in [0.1, 0.15) is 156 Å². The fourth-order valence-electron chi connectivity index (χ4n) is 4.30. The first-order chi connectivity index (χ1) is 14.7. The SMILES string of the molecule is CCCCCCCCCCCCCCC(CC)C(=O)OCC(CC)CCCCCC. The summed E-state index contributed by atoms with van der Waals surface area (Å²) in [6, 6.07) is 0. The average Bonchev–Trinajstić information content (AvgIpc) is 2.76. The minimum absolute atomic E-state index is 0.0626. The van der Waals surface area contributed by atoms with E-state index in [1.165, 1.54) is 109 Å². The molecule has 2 atom stereocenters. The van der Waals surface area contributed by atoms with Crippen molar-refractivity contribution in [1.29, 1.82) is 0 Å². The molecule has 0 saturated heterocycles. The normalized spacial score (nSPS) is 13.3. The van der Waals surface area contributed by atoms with Crippen LogP contribution in [0, 0.1) is 11.8 Å². The zero-order valence-corrected chi connectivity index (χ0v) is 21.3. The highest BCUT2D eigenvalue weighted by molar-refractivity contribution is 5.72. The quantitative estimate of drug-likeness (QED) is 0.120. The van der Waals surface area contributed by atoms with Crippen LogP contribution in [0.4, 0.5) is 0 Å². The third-order valence-corrected chi connectivity index (χ3v) is 6.74. The van der Waals surface area contributed by atoms with Crippen molar-refractivity contribution in [3.8, 4) is 0 Å². The number of carbonyl (C=O) groups excluding carboxylic acids is 1. The molecule has 0 rings (SSSR count). The van der Waals surface area contributed by atoms with Crippen LogP contribution < -0.4 is 0 Å². The number of hydrogen-bond donors (Lipinski definition) is 0. The van der Waals surface area contributed by atoms with Crippen LogP contribution in [0.5, 0.6) is 0 Å². The van der Waals surface area contributed by atoms with E-state index in [-0.39, 0.29) is 11.9 Å². The summed E-state index contributed by atoms with van der Waals surface area (Å²) in [4.78, 5) is 12.5. The Hall–Kier alpha value is -0.530. The highest BCUT2D eigenvalue weighted by Crippen LogP contribution is 2.20. The van der Waals surface area contributed by atoms with E-state index in [0.717, 1.165) is 19.3 Å². The van der Waals surface area contributed by atoms with E-state index in [2.05, 4.69) is 27.7 Å². The molecule has 30 heavy (non-hydrogen) atoms. The molecule has 0 aliphatic rings. The second kappa shape index (κ2) is 23.1. The Morgan fingerprint density at radius 3 is 1.47 bits per heavy atom. The predicted octanol–water partition coefficient (Wildman–Crippen LogP) is 9.64. The lowest BCUT2D eigenvalue weighted by Crippen LogP contribution is -2.21. The Morgan fingerprint density at radius 2 is 1.00 bits per heavy atom. The van der Waals surface area contributed by atoms with Gasteiger partial charge in [-0.2, -0.15) is 0 Å². The van der Waals surface area contributed by atoms with Crippen molar-refractivity contribution < 1.29 is 9.53 Å². The predicted molar refractivity (Wildman–Crippen MR) is 133 cm³/mol. The summed E-state index contributed by atoms with van der Waals surface area (Å²) in [7, 11) is 0. The lowest BCUT2D eigenvalue weighted by Gasteiger charge is -2.18. The van der Waals surface area contributed by atoms with E-state index in [1.807, 2.05) is 0 Å². The van der Waals surface area contributed by atoms with Gasteiger partial charge in [0, 0.05) is 0 Å². The van der Waals surface area contributed by atoms with Gasteiger partial charge < -0.3 is 4.74 Å². The van der Waals surface area contributed by atoms with Gasteiger partial charge >= 0.3 is 5.97 Å². The van der Waals surface area contributed by atoms with Gasteiger partial charge in [-0.25, -0.2) is 0 Å². The van der Waals surface area contributed by atoms with E-state index in [0.29, 0.717) is 12.5 Å². The van der Waals surface area contributed by atoms with Gasteiger partial charge in [-0.15, -0.1) is 0 Å². The molecule has 0 aromatic heterocycles. The Morgan fingerprint density at radius 1 is 0.567 bits per heavy atom. The van der Waals surface area contributed by atoms with Gasteiger partial charge in [0.2, 0.25) is 0 Å². The smallest absolute Gasteiger partial charge is 0.308 e. The monoisotopic (exact) mass is 424 g/mol. The standard InChI is InChI=1S/C28H56O2/c1-5-9-11-13-14-15-16-17-18-19-20-22-24-27(8-4)28(29)30-25-26(7-3)23-21-12-10-6-2/h26-27H,5-25H2,1-4H3. The van der Waals surface area contributed by atoms with E-state index in [1.54, 1.807) is 0 Å². The first-order valence-corrected chi connectivity index (χ1v) is 13.9. The van der Waals surface area contributed by atoms with E-state index >= 15 is 0 Å². The molecule has 0 heterocycles. The van der Waals surface area contributed by atoms with Gasteiger partial charge in [0.25, 0.3) is 0 Å². The molecule has 2 heteroatoms. The first kappa shape index (κ1) is 29.5. The van der Waals surface area contributed by atoms with Crippen molar-refractivity contribution in [2.75, 3.05) is 6.61 Å². The number of unbranched alkanes of at least 4 members (excludes halogenated alkanes) is 14. The fourth-order valence-corrected chi connectivity index (χ4v) is 4.30. The maximum atomic E-state index is 12.5. The number of rotatable bonds is 23. The van der Waals surface area contributed by atoms with Crippen molar-refractivity contribution in [2.45, 2.75) is 156 Å². The number of ether oxygens (including phenoxy) is 1. The summed E-state index contributed by atoms with van der Waals surface area (Å²) in [6.45, 7) is 9.53. The zero-order chi connectivity index (χ0) is 22.3. The number of esters is 1. The second-order valence-corrected chi connectivity index (χ2v) is 9.54. The van der Waals surface area contributed by atoms with Crippen LogP contribution in [0.25, 0.3) is 0 Å². The van der Waals surface area contributed by atoms with Gasteiger partial charge in [-0.05, 0) is 25.2 Å². The molecule has 0 aliphatic carbocycles. The molecule has 0 amide bonds. The number of carbonyl (C=O) groups is 1. The van der Waals surface area contributed by atoms with Gasteiger partial charge in [-0.1, -0.05) is 137 Å². The lowest BCUT2D eigenvalue weighted by molar-refractivity contribution is -0.150. The highest BCUT2D eigenvalue weighted by atomic mass is 16.5.